The minimum Gasteiger partial charge on any atom is -0.504 e. The third-order valence-corrected chi connectivity index (χ3v) is 9.23. The number of esters is 1. The molecular weight excluding hydrogens is 464 g/mol. The second kappa shape index (κ2) is 9.92. The predicted octanol–water partition coefficient (Wildman–Crippen LogP) is 2.26. The summed E-state index contributed by atoms with van der Waals surface area (Å²) >= 11 is 0. The van der Waals surface area contributed by atoms with Gasteiger partial charge in [-0.1, -0.05) is 26.8 Å². The molecule has 2 saturated carbocycles. The number of phenols is 2. The molecule has 1 heterocycles. The minimum absolute atomic E-state index is 0.0124. The summed E-state index contributed by atoms with van der Waals surface area (Å²) in [6.07, 6.45) is 2.88. The van der Waals surface area contributed by atoms with Gasteiger partial charge >= 0.3 is 5.97 Å². The van der Waals surface area contributed by atoms with Crippen LogP contribution in [0.25, 0.3) is 0 Å². The maximum atomic E-state index is 13.1. The fourth-order valence-electron chi connectivity index (χ4n) is 6.40. The van der Waals surface area contributed by atoms with Gasteiger partial charge in [0.05, 0.1) is 0 Å². The van der Waals surface area contributed by atoms with Gasteiger partial charge < -0.3 is 30.3 Å². The molecule has 2 bridgehead atoms. The number of benzene rings is 1. The number of rotatable bonds is 8. The van der Waals surface area contributed by atoms with E-state index in [-0.39, 0.29) is 59.7 Å². The van der Waals surface area contributed by atoms with Crippen molar-refractivity contribution in [2.24, 2.45) is 16.7 Å². The molecule has 198 valence electrons. The number of nitrogens with one attached hydrogen (secondary N) is 1. The molecule has 0 radical (unpaired) electrons. The van der Waals surface area contributed by atoms with Crippen LogP contribution in [0.15, 0.2) is 18.2 Å². The van der Waals surface area contributed by atoms with Crippen molar-refractivity contribution in [3.8, 4) is 11.5 Å². The third-order valence-electron chi connectivity index (χ3n) is 9.23. The zero-order valence-electron chi connectivity index (χ0n) is 21.3. The molecule has 2 amide bonds. The lowest BCUT2D eigenvalue weighted by Gasteiger charge is -2.39. The number of aromatic hydroxyl groups is 2. The largest absolute Gasteiger partial charge is 0.504 e. The number of carbonyl (C=O) groups is 3. The number of hydrogen-bond donors (Lipinski definition) is 4. The Morgan fingerprint density at radius 3 is 2.56 bits per heavy atom. The van der Waals surface area contributed by atoms with Crippen LogP contribution in [0.2, 0.25) is 0 Å². The van der Waals surface area contributed by atoms with Crippen molar-refractivity contribution in [2.45, 2.75) is 84.0 Å². The monoisotopic (exact) mass is 502 g/mol. The molecular formula is C27H38N2O7. The Labute approximate surface area is 211 Å². The molecule has 36 heavy (non-hydrogen) atoms. The van der Waals surface area contributed by atoms with E-state index in [9.17, 15) is 29.7 Å². The van der Waals surface area contributed by atoms with Crippen LogP contribution in [-0.2, 0) is 25.5 Å². The standard InChI is InChI=1S/C27H38N2O7/c1-26(2)17-8-10-27(26,3)22(15-17)36-25(35)18-5-4-12-29(18)23(33)9-11-28-24(34)21(32)14-16-6-7-19(30)20(31)13-16/h6-7,13,17-18,21-22,30-32H,4-5,8-12,14-15H2,1-3H3,(H,28,34)/t17?,18?,21?,22?,27-/m0/s1. The second-order valence-electron chi connectivity index (χ2n) is 11.4. The van der Waals surface area contributed by atoms with Crippen LogP contribution < -0.4 is 5.32 Å². The van der Waals surface area contributed by atoms with E-state index in [1.54, 1.807) is 4.90 Å². The highest BCUT2D eigenvalue weighted by molar-refractivity contribution is 5.86. The van der Waals surface area contributed by atoms with Crippen LogP contribution in [0.1, 0.15) is 64.9 Å². The van der Waals surface area contributed by atoms with Gasteiger partial charge in [0.15, 0.2) is 11.5 Å². The van der Waals surface area contributed by atoms with Crippen LogP contribution in [0.5, 0.6) is 11.5 Å². The van der Waals surface area contributed by atoms with Crippen molar-refractivity contribution in [1.82, 2.24) is 10.2 Å². The van der Waals surface area contributed by atoms with Crippen LogP contribution in [0.3, 0.4) is 0 Å². The van der Waals surface area contributed by atoms with Crippen molar-refractivity contribution >= 4 is 17.8 Å². The summed E-state index contributed by atoms with van der Waals surface area (Å²) in [5.41, 5.74) is 0.578. The Balaban J connectivity index is 1.24. The molecule has 9 nitrogen and oxygen atoms in total. The SMILES string of the molecule is CC1(C)C2CC[C@@]1(C)C(OC(=O)C1CCCN1C(=O)CCNC(=O)C(O)Cc1ccc(O)c(O)c1)C2. The highest BCUT2D eigenvalue weighted by atomic mass is 16.5. The first-order valence-electron chi connectivity index (χ1n) is 12.9. The predicted molar refractivity (Wildman–Crippen MR) is 131 cm³/mol. The first-order valence-corrected chi connectivity index (χ1v) is 12.9. The molecule has 1 aromatic rings. The lowest BCUT2D eigenvalue weighted by atomic mass is 9.70. The Bertz CT molecular complexity index is 1030. The number of amides is 2. The molecule has 2 aliphatic carbocycles. The van der Waals surface area contributed by atoms with E-state index in [1.807, 2.05) is 0 Å². The van der Waals surface area contributed by atoms with Crippen molar-refractivity contribution in [3.63, 3.8) is 0 Å². The zero-order valence-corrected chi connectivity index (χ0v) is 21.3. The molecule has 1 saturated heterocycles. The number of phenolic OH excluding ortho intramolecular Hbond substituents is 2. The molecule has 3 fully saturated rings. The number of likely N-dealkylation sites (tertiary alicyclic amines) is 1. The van der Waals surface area contributed by atoms with Gasteiger partial charge in [-0.15, -0.1) is 0 Å². The van der Waals surface area contributed by atoms with E-state index >= 15 is 0 Å². The molecule has 9 heteroatoms. The van der Waals surface area contributed by atoms with E-state index in [1.165, 1.54) is 24.6 Å². The normalized spacial score (nSPS) is 29.2. The maximum Gasteiger partial charge on any atom is 0.329 e. The smallest absolute Gasteiger partial charge is 0.329 e. The first-order chi connectivity index (χ1) is 16.9. The number of aliphatic hydroxyl groups excluding tert-OH is 1. The number of nitrogens with zero attached hydrogens (tertiary/aromatic N) is 1. The topological polar surface area (TPSA) is 136 Å². The molecule has 0 aromatic heterocycles. The Morgan fingerprint density at radius 2 is 1.92 bits per heavy atom. The Hall–Kier alpha value is -2.81. The molecule has 4 rings (SSSR count). The summed E-state index contributed by atoms with van der Waals surface area (Å²) < 4.78 is 6.03. The number of fused-ring (bicyclic) bond motifs is 2. The maximum absolute atomic E-state index is 13.1. The van der Waals surface area contributed by atoms with Crippen molar-refractivity contribution in [2.75, 3.05) is 13.1 Å². The van der Waals surface area contributed by atoms with Crippen LogP contribution in [-0.4, -0.2) is 69.3 Å². The van der Waals surface area contributed by atoms with E-state index in [0.29, 0.717) is 24.4 Å². The fraction of sp³-hybridized carbons (Fsp3) is 0.667. The number of hydrogen-bond acceptors (Lipinski definition) is 7. The highest BCUT2D eigenvalue weighted by Gasteiger charge is 2.63. The zero-order chi connectivity index (χ0) is 26.3. The van der Waals surface area contributed by atoms with Crippen molar-refractivity contribution < 1.29 is 34.4 Å². The van der Waals surface area contributed by atoms with Gasteiger partial charge in [-0.3, -0.25) is 9.59 Å². The van der Waals surface area contributed by atoms with E-state index in [0.717, 1.165) is 19.3 Å². The summed E-state index contributed by atoms with van der Waals surface area (Å²) in [7, 11) is 0. The molecule has 0 spiro atoms. The van der Waals surface area contributed by atoms with Gasteiger partial charge in [0, 0.05) is 31.3 Å². The van der Waals surface area contributed by atoms with Gasteiger partial charge in [0.1, 0.15) is 18.2 Å². The van der Waals surface area contributed by atoms with Crippen LogP contribution in [0.4, 0.5) is 0 Å². The number of ether oxygens (including phenoxy) is 1. The molecule has 4 unspecified atom stereocenters. The average Bonchev–Trinajstić information content (AvgIpc) is 3.45. The lowest BCUT2D eigenvalue weighted by Crippen LogP contribution is -2.46. The minimum atomic E-state index is -1.37. The van der Waals surface area contributed by atoms with Crippen molar-refractivity contribution in [3.05, 3.63) is 23.8 Å². The van der Waals surface area contributed by atoms with E-state index in [4.69, 9.17) is 4.74 Å². The Kier molecular flexibility index (Phi) is 7.23. The van der Waals surface area contributed by atoms with Gasteiger partial charge in [-0.05, 0) is 61.1 Å². The van der Waals surface area contributed by atoms with Gasteiger partial charge in [0.25, 0.3) is 0 Å². The number of carbonyl (C=O) groups excluding carboxylic acids is 3. The average molecular weight is 503 g/mol. The second-order valence-corrected chi connectivity index (χ2v) is 11.4. The molecule has 1 aromatic carbocycles. The molecule has 4 N–H and O–H groups in total. The van der Waals surface area contributed by atoms with Gasteiger partial charge in [-0.25, -0.2) is 4.79 Å². The van der Waals surface area contributed by atoms with Crippen LogP contribution in [0, 0.1) is 16.7 Å². The summed E-state index contributed by atoms with van der Waals surface area (Å²) in [6.45, 7) is 7.27. The van der Waals surface area contributed by atoms with E-state index < -0.39 is 18.1 Å². The molecule has 3 aliphatic rings. The summed E-state index contributed by atoms with van der Waals surface area (Å²) in [6, 6.07) is 3.47. The molecule has 1 aliphatic heterocycles. The van der Waals surface area contributed by atoms with Gasteiger partial charge in [-0.2, -0.15) is 0 Å². The fourth-order valence-corrected chi connectivity index (χ4v) is 6.40. The first kappa shape index (κ1) is 26.3. The number of aliphatic hydroxyl groups is 1. The third kappa shape index (κ3) is 4.77. The van der Waals surface area contributed by atoms with Crippen LogP contribution >= 0.6 is 0 Å². The quantitative estimate of drug-likeness (QED) is 0.316. The summed E-state index contributed by atoms with van der Waals surface area (Å²) in [4.78, 5) is 39.7. The van der Waals surface area contributed by atoms with E-state index in [2.05, 4.69) is 26.1 Å². The molecule has 5 atom stereocenters. The highest BCUT2D eigenvalue weighted by Crippen LogP contribution is 2.66. The lowest BCUT2D eigenvalue weighted by molar-refractivity contribution is -0.164. The Morgan fingerprint density at radius 1 is 1.17 bits per heavy atom. The van der Waals surface area contributed by atoms with Crippen molar-refractivity contribution in [1.29, 1.82) is 0 Å². The summed E-state index contributed by atoms with van der Waals surface area (Å²) in [5, 5.41) is 31.6. The summed E-state index contributed by atoms with van der Waals surface area (Å²) in [5.74, 6) is -1.25. The van der Waals surface area contributed by atoms with Gasteiger partial charge in [0.2, 0.25) is 11.8 Å².